The van der Waals surface area contributed by atoms with Gasteiger partial charge in [0.2, 0.25) is 0 Å². The van der Waals surface area contributed by atoms with E-state index in [9.17, 15) is 4.79 Å². The first-order valence-electron chi connectivity index (χ1n) is 6.75. The van der Waals surface area contributed by atoms with E-state index in [1.54, 1.807) is 0 Å². The molecule has 0 aromatic carbocycles. The largest absolute Gasteiger partial charge is 0.444 e. The normalized spacial score (nSPS) is 26.6. The highest BCUT2D eigenvalue weighted by molar-refractivity contribution is 5.69. The lowest BCUT2D eigenvalue weighted by atomic mass is 9.59. The van der Waals surface area contributed by atoms with Crippen LogP contribution >= 0.6 is 0 Å². The third kappa shape index (κ3) is 2.35. The maximum Gasteiger partial charge on any atom is 0.410 e. The lowest BCUT2D eigenvalue weighted by molar-refractivity contribution is -0.111. The Bertz CT molecular complexity index is 346. The fourth-order valence-corrected chi connectivity index (χ4v) is 3.18. The van der Waals surface area contributed by atoms with Gasteiger partial charge < -0.3 is 15.0 Å². The molecule has 1 N–H and O–H groups in total. The highest BCUT2D eigenvalue weighted by Crippen LogP contribution is 2.46. The van der Waals surface area contributed by atoms with Gasteiger partial charge in [0.15, 0.2) is 0 Å². The van der Waals surface area contributed by atoms with E-state index in [2.05, 4.69) is 26.1 Å². The van der Waals surface area contributed by atoms with Crippen molar-refractivity contribution in [3.63, 3.8) is 0 Å². The zero-order valence-electron chi connectivity index (χ0n) is 12.5. The fraction of sp³-hybridized carbons (Fsp3) is 0.929. The molecule has 2 saturated heterocycles. The number of nitrogens with one attached hydrogen (secondary N) is 1. The van der Waals surface area contributed by atoms with E-state index >= 15 is 0 Å². The zero-order chi connectivity index (χ0) is 13.8. The van der Waals surface area contributed by atoms with Gasteiger partial charge in [-0.3, -0.25) is 0 Å². The van der Waals surface area contributed by atoms with Crippen molar-refractivity contribution in [2.75, 3.05) is 19.6 Å². The summed E-state index contributed by atoms with van der Waals surface area (Å²) in [6.07, 6.45) is -0.173. The van der Waals surface area contributed by atoms with E-state index in [1.807, 2.05) is 25.7 Å². The molecule has 1 atom stereocenters. The maximum atomic E-state index is 11.9. The van der Waals surface area contributed by atoms with Gasteiger partial charge in [0, 0.05) is 31.1 Å². The Balaban J connectivity index is 1.89. The Labute approximate surface area is 110 Å². The predicted octanol–water partition coefficient (Wildman–Crippen LogP) is 2.24. The molecule has 2 aliphatic rings. The average molecular weight is 254 g/mol. The summed E-state index contributed by atoms with van der Waals surface area (Å²) in [5.74, 6) is 0. The number of hydrogen-bond donors (Lipinski definition) is 1. The van der Waals surface area contributed by atoms with E-state index in [0.29, 0.717) is 6.04 Å². The Morgan fingerprint density at radius 2 is 1.78 bits per heavy atom. The Morgan fingerprint density at radius 1 is 1.22 bits per heavy atom. The van der Waals surface area contributed by atoms with Crippen LogP contribution in [-0.4, -0.2) is 42.3 Å². The van der Waals surface area contributed by atoms with Crippen molar-refractivity contribution in [3.05, 3.63) is 0 Å². The predicted molar refractivity (Wildman–Crippen MR) is 71.5 cm³/mol. The molecule has 0 saturated carbocycles. The van der Waals surface area contributed by atoms with Gasteiger partial charge in [-0.1, -0.05) is 20.8 Å². The third-order valence-corrected chi connectivity index (χ3v) is 3.80. The van der Waals surface area contributed by atoms with Crippen LogP contribution in [-0.2, 0) is 4.74 Å². The first-order valence-corrected chi connectivity index (χ1v) is 6.75. The average Bonchev–Trinajstić information content (AvgIpc) is 1.90. The summed E-state index contributed by atoms with van der Waals surface area (Å²) in [7, 11) is 0. The first-order chi connectivity index (χ1) is 8.04. The number of hydrogen-bond acceptors (Lipinski definition) is 3. The third-order valence-electron chi connectivity index (χ3n) is 3.80. The van der Waals surface area contributed by atoms with Crippen LogP contribution in [0.2, 0.25) is 0 Å². The minimum absolute atomic E-state index is 0.173. The molecule has 104 valence electrons. The molecule has 2 rings (SSSR count). The second-order valence-electron chi connectivity index (χ2n) is 7.88. The summed E-state index contributed by atoms with van der Waals surface area (Å²) >= 11 is 0. The molecule has 4 heteroatoms. The minimum Gasteiger partial charge on any atom is -0.444 e. The van der Waals surface area contributed by atoms with Crippen LogP contribution in [0.5, 0.6) is 0 Å². The first kappa shape index (κ1) is 13.7. The molecule has 0 bridgehead atoms. The van der Waals surface area contributed by atoms with Crippen molar-refractivity contribution in [3.8, 4) is 0 Å². The van der Waals surface area contributed by atoms with Gasteiger partial charge in [0.05, 0.1) is 0 Å². The van der Waals surface area contributed by atoms with Crippen molar-refractivity contribution in [1.82, 2.24) is 10.2 Å². The highest BCUT2D eigenvalue weighted by atomic mass is 16.6. The molecule has 2 aliphatic heterocycles. The Hall–Kier alpha value is -0.770. The van der Waals surface area contributed by atoms with Crippen molar-refractivity contribution < 1.29 is 9.53 Å². The van der Waals surface area contributed by atoms with Gasteiger partial charge in [-0.05, 0) is 26.2 Å². The van der Waals surface area contributed by atoms with Gasteiger partial charge in [-0.15, -0.1) is 0 Å². The molecule has 0 aromatic heterocycles. The molecule has 0 radical (unpaired) electrons. The Morgan fingerprint density at radius 3 is 2.11 bits per heavy atom. The minimum atomic E-state index is -0.402. The smallest absolute Gasteiger partial charge is 0.410 e. The number of carbonyl (C=O) groups excluding carboxylic acids is 1. The molecule has 4 nitrogen and oxygen atoms in total. The van der Waals surface area contributed by atoms with Crippen LogP contribution in [0.25, 0.3) is 0 Å². The molecular formula is C14H26N2O2. The summed E-state index contributed by atoms with van der Waals surface area (Å²) in [6, 6.07) is 0.503. The topological polar surface area (TPSA) is 41.6 Å². The molecule has 0 aliphatic carbocycles. The molecule has 2 fully saturated rings. The van der Waals surface area contributed by atoms with Gasteiger partial charge in [0.1, 0.15) is 5.60 Å². The van der Waals surface area contributed by atoms with Crippen LogP contribution in [0, 0.1) is 10.8 Å². The molecule has 1 amide bonds. The number of likely N-dealkylation sites (tertiary alicyclic amines) is 1. The number of amides is 1. The SMILES string of the molecule is CC(C)(C)OC(=O)N1CC2(CNC2C(C)(C)C)C1. The van der Waals surface area contributed by atoms with Crippen molar-refractivity contribution >= 4 is 6.09 Å². The number of nitrogens with zero attached hydrogens (tertiary/aromatic N) is 1. The molecular weight excluding hydrogens is 228 g/mol. The van der Waals surface area contributed by atoms with E-state index in [0.717, 1.165) is 19.6 Å². The van der Waals surface area contributed by atoms with Gasteiger partial charge in [-0.25, -0.2) is 4.79 Å². The summed E-state index contributed by atoms with van der Waals surface area (Å²) in [6.45, 7) is 15.2. The van der Waals surface area contributed by atoms with E-state index in [-0.39, 0.29) is 16.9 Å². The van der Waals surface area contributed by atoms with Crippen molar-refractivity contribution in [2.45, 2.75) is 53.2 Å². The van der Waals surface area contributed by atoms with E-state index in [1.165, 1.54) is 0 Å². The number of carbonyl (C=O) groups is 1. The van der Waals surface area contributed by atoms with Gasteiger partial charge in [0.25, 0.3) is 0 Å². The molecule has 1 unspecified atom stereocenters. The number of rotatable bonds is 0. The second-order valence-corrected chi connectivity index (χ2v) is 7.88. The highest BCUT2D eigenvalue weighted by Gasteiger charge is 2.59. The maximum absolute atomic E-state index is 11.9. The zero-order valence-corrected chi connectivity index (χ0v) is 12.5. The molecule has 1 spiro atoms. The summed E-state index contributed by atoms with van der Waals surface area (Å²) in [5.41, 5.74) is 0.133. The quantitative estimate of drug-likeness (QED) is 0.721. The van der Waals surface area contributed by atoms with Crippen LogP contribution in [0.1, 0.15) is 41.5 Å². The molecule has 18 heavy (non-hydrogen) atoms. The van der Waals surface area contributed by atoms with E-state index in [4.69, 9.17) is 4.74 Å². The summed E-state index contributed by atoms with van der Waals surface area (Å²) in [4.78, 5) is 13.7. The second kappa shape index (κ2) is 3.86. The van der Waals surface area contributed by atoms with Crippen LogP contribution < -0.4 is 5.32 Å². The number of ether oxygens (including phenoxy) is 1. The van der Waals surface area contributed by atoms with Gasteiger partial charge in [-0.2, -0.15) is 0 Å². The van der Waals surface area contributed by atoms with Crippen LogP contribution in [0.3, 0.4) is 0 Å². The monoisotopic (exact) mass is 254 g/mol. The standard InChI is InChI=1S/C14H26N2O2/c1-12(2,3)10-14(7-15-10)8-16(9-14)11(17)18-13(4,5)6/h10,15H,7-9H2,1-6H3. The summed E-state index contributed by atoms with van der Waals surface area (Å²) < 4.78 is 5.39. The summed E-state index contributed by atoms with van der Waals surface area (Å²) in [5, 5.41) is 3.51. The molecule has 0 aromatic rings. The van der Waals surface area contributed by atoms with Crippen LogP contribution in [0.15, 0.2) is 0 Å². The van der Waals surface area contributed by atoms with E-state index < -0.39 is 5.60 Å². The molecule has 2 heterocycles. The fourth-order valence-electron chi connectivity index (χ4n) is 3.18. The van der Waals surface area contributed by atoms with Crippen molar-refractivity contribution in [1.29, 1.82) is 0 Å². The van der Waals surface area contributed by atoms with Crippen LogP contribution in [0.4, 0.5) is 4.79 Å². The van der Waals surface area contributed by atoms with Crippen molar-refractivity contribution in [2.24, 2.45) is 10.8 Å². The Kier molecular flexibility index (Phi) is 2.93. The lowest BCUT2D eigenvalue weighted by Gasteiger charge is -2.64. The lowest BCUT2D eigenvalue weighted by Crippen LogP contribution is -2.79. The van der Waals surface area contributed by atoms with Gasteiger partial charge >= 0.3 is 6.09 Å².